The van der Waals surface area contributed by atoms with Crippen molar-refractivity contribution in [3.8, 4) is 0 Å². The van der Waals surface area contributed by atoms with Crippen LogP contribution in [-0.4, -0.2) is 62.4 Å². The number of hydrogen-bond donors (Lipinski definition) is 1. The number of pyridine rings is 1. The van der Waals surface area contributed by atoms with Crippen molar-refractivity contribution in [2.24, 2.45) is 7.05 Å². The molecule has 0 aromatic carbocycles. The summed E-state index contributed by atoms with van der Waals surface area (Å²) in [6, 6.07) is 1.71. The Morgan fingerprint density at radius 2 is 2.23 bits per heavy atom. The highest BCUT2D eigenvalue weighted by Crippen LogP contribution is 2.20. The summed E-state index contributed by atoms with van der Waals surface area (Å²) >= 11 is 0. The molecule has 1 aliphatic heterocycles. The second-order valence-corrected chi connectivity index (χ2v) is 5.27. The van der Waals surface area contributed by atoms with Gasteiger partial charge in [-0.25, -0.2) is 9.78 Å². The van der Waals surface area contributed by atoms with E-state index in [0.717, 1.165) is 0 Å². The zero-order chi connectivity index (χ0) is 15.9. The molecule has 116 valence electrons. The number of rotatable bonds is 2. The molecule has 0 bridgehead atoms. The van der Waals surface area contributed by atoms with E-state index in [2.05, 4.69) is 10.1 Å². The van der Waals surface area contributed by atoms with E-state index in [-0.39, 0.29) is 19.1 Å². The molecule has 0 radical (unpaired) electrons. The molecule has 1 atom stereocenters. The van der Waals surface area contributed by atoms with Gasteiger partial charge in [0.2, 0.25) is 0 Å². The summed E-state index contributed by atoms with van der Waals surface area (Å²) < 4.78 is 6.76. The third kappa shape index (κ3) is 2.41. The summed E-state index contributed by atoms with van der Waals surface area (Å²) in [4.78, 5) is 29.7. The zero-order valence-electron chi connectivity index (χ0n) is 12.3. The molecule has 2 aromatic rings. The van der Waals surface area contributed by atoms with Crippen LogP contribution in [0.15, 0.2) is 12.3 Å². The zero-order valence-corrected chi connectivity index (χ0v) is 12.3. The standard InChI is InChI=1S/C14H16N4O4/c1-8-5-9(10-6-15-17(2)12(10)16-8)13(19)18-3-4-22-11(7-18)14(20)21/h5-6,11H,3-4,7H2,1-2H3,(H,20,21)/t11-/m1/s1. The van der Waals surface area contributed by atoms with Crippen LogP contribution in [0.2, 0.25) is 0 Å². The summed E-state index contributed by atoms with van der Waals surface area (Å²) in [6.45, 7) is 2.43. The minimum atomic E-state index is -1.06. The van der Waals surface area contributed by atoms with Crippen LogP contribution in [0, 0.1) is 6.92 Å². The molecule has 1 amide bonds. The van der Waals surface area contributed by atoms with Crippen molar-refractivity contribution in [1.82, 2.24) is 19.7 Å². The lowest BCUT2D eigenvalue weighted by Gasteiger charge is -2.31. The van der Waals surface area contributed by atoms with Gasteiger partial charge in [0.05, 0.1) is 30.3 Å². The molecule has 2 aromatic heterocycles. The van der Waals surface area contributed by atoms with Gasteiger partial charge in [0.25, 0.3) is 5.91 Å². The number of amides is 1. The Bertz CT molecular complexity index is 755. The van der Waals surface area contributed by atoms with Gasteiger partial charge in [-0.2, -0.15) is 5.10 Å². The number of carboxylic acid groups (broad SMARTS) is 1. The van der Waals surface area contributed by atoms with Gasteiger partial charge in [-0.1, -0.05) is 0 Å². The number of carbonyl (C=O) groups is 2. The van der Waals surface area contributed by atoms with Gasteiger partial charge in [-0.3, -0.25) is 9.48 Å². The molecule has 1 fully saturated rings. The molecule has 8 heteroatoms. The number of carboxylic acids is 1. The van der Waals surface area contributed by atoms with Gasteiger partial charge in [-0.15, -0.1) is 0 Å². The molecule has 1 saturated heterocycles. The van der Waals surface area contributed by atoms with E-state index in [9.17, 15) is 9.59 Å². The van der Waals surface area contributed by atoms with E-state index < -0.39 is 12.1 Å². The van der Waals surface area contributed by atoms with Gasteiger partial charge in [-0.05, 0) is 13.0 Å². The Morgan fingerprint density at radius 1 is 1.45 bits per heavy atom. The minimum absolute atomic E-state index is 0.0390. The molecular weight excluding hydrogens is 288 g/mol. The third-order valence-electron chi connectivity index (χ3n) is 3.69. The van der Waals surface area contributed by atoms with Gasteiger partial charge in [0.15, 0.2) is 11.8 Å². The highest BCUT2D eigenvalue weighted by Gasteiger charge is 2.30. The fourth-order valence-electron chi connectivity index (χ4n) is 2.57. The second-order valence-electron chi connectivity index (χ2n) is 5.27. The van der Waals surface area contributed by atoms with Crippen molar-refractivity contribution < 1.29 is 19.4 Å². The van der Waals surface area contributed by atoms with Gasteiger partial charge < -0.3 is 14.7 Å². The maximum atomic E-state index is 12.8. The smallest absolute Gasteiger partial charge is 0.334 e. The predicted octanol–water partition coefficient (Wildman–Crippen LogP) is 0.202. The number of morpholine rings is 1. The average molecular weight is 304 g/mol. The Hall–Kier alpha value is -2.48. The molecule has 0 aliphatic carbocycles. The number of ether oxygens (including phenoxy) is 1. The number of aromatic nitrogens is 3. The molecule has 0 saturated carbocycles. The first-order chi connectivity index (χ1) is 10.5. The fraction of sp³-hybridized carbons (Fsp3) is 0.429. The van der Waals surface area contributed by atoms with Crippen molar-refractivity contribution in [3.05, 3.63) is 23.5 Å². The topological polar surface area (TPSA) is 97.5 Å². The molecule has 3 heterocycles. The van der Waals surface area contributed by atoms with Crippen LogP contribution >= 0.6 is 0 Å². The molecule has 8 nitrogen and oxygen atoms in total. The molecule has 1 N–H and O–H groups in total. The maximum absolute atomic E-state index is 12.8. The number of aryl methyl sites for hydroxylation is 2. The number of nitrogens with zero attached hydrogens (tertiary/aromatic N) is 4. The van der Waals surface area contributed by atoms with Crippen LogP contribution < -0.4 is 0 Å². The largest absolute Gasteiger partial charge is 0.479 e. The Labute approximate surface area is 126 Å². The van der Waals surface area contributed by atoms with Crippen molar-refractivity contribution in [1.29, 1.82) is 0 Å². The van der Waals surface area contributed by atoms with Crippen LogP contribution in [0.25, 0.3) is 11.0 Å². The molecule has 0 unspecified atom stereocenters. The number of hydrogen-bond acceptors (Lipinski definition) is 5. The number of fused-ring (bicyclic) bond motifs is 1. The van der Waals surface area contributed by atoms with Gasteiger partial charge in [0, 0.05) is 19.3 Å². The highest BCUT2D eigenvalue weighted by atomic mass is 16.5. The van der Waals surface area contributed by atoms with E-state index in [1.165, 1.54) is 4.90 Å². The monoisotopic (exact) mass is 304 g/mol. The first-order valence-electron chi connectivity index (χ1n) is 6.90. The van der Waals surface area contributed by atoms with E-state index in [1.54, 1.807) is 24.0 Å². The summed E-state index contributed by atoms with van der Waals surface area (Å²) in [5, 5.41) is 13.8. The molecular formula is C14H16N4O4. The highest BCUT2D eigenvalue weighted by molar-refractivity contribution is 6.05. The normalized spacial score (nSPS) is 18.6. The van der Waals surface area contributed by atoms with Crippen molar-refractivity contribution in [3.63, 3.8) is 0 Å². The van der Waals surface area contributed by atoms with Crippen LogP contribution in [-0.2, 0) is 16.6 Å². The van der Waals surface area contributed by atoms with Crippen LogP contribution in [0.3, 0.4) is 0 Å². The van der Waals surface area contributed by atoms with Crippen LogP contribution in [0.5, 0.6) is 0 Å². The lowest BCUT2D eigenvalue weighted by Crippen LogP contribution is -2.48. The lowest BCUT2D eigenvalue weighted by atomic mass is 10.1. The SMILES string of the molecule is Cc1cc(C(=O)N2CCO[C@@H](C(=O)O)C2)c2cnn(C)c2n1. The quantitative estimate of drug-likeness (QED) is 0.851. The first kappa shape index (κ1) is 14.5. The van der Waals surface area contributed by atoms with E-state index in [1.807, 2.05) is 6.92 Å². The number of aliphatic carboxylic acids is 1. The average Bonchev–Trinajstić information content (AvgIpc) is 2.87. The molecule has 3 rings (SSSR count). The van der Waals surface area contributed by atoms with Crippen LogP contribution in [0.1, 0.15) is 16.1 Å². The second kappa shape index (κ2) is 5.38. The molecule has 22 heavy (non-hydrogen) atoms. The summed E-state index contributed by atoms with van der Waals surface area (Å²) in [5.74, 6) is -1.28. The van der Waals surface area contributed by atoms with Crippen molar-refractivity contribution >= 4 is 22.9 Å². The minimum Gasteiger partial charge on any atom is -0.479 e. The third-order valence-corrected chi connectivity index (χ3v) is 3.69. The fourth-order valence-corrected chi connectivity index (χ4v) is 2.57. The van der Waals surface area contributed by atoms with Crippen molar-refractivity contribution in [2.75, 3.05) is 19.7 Å². The van der Waals surface area contributed by atoms with Crippen molar-refractivity contribution in [2.45, 2.75) is 13.0 Å². The summed E-state index contributed by atoms with van der Waals surface area (Å²) in [7, 11) is 1.76. The Kier molecular flexibility index (Phi) is 3.53. The Morgan fingerprint density at radius 3 is 2.95 bits per heavy atom. The summed E-state index contributed by atoms with van der Waals surface area (Å²) in [6.07, 6.45) is 0.620. The predicted molar refractivity (Wildman–Crippen MR) is 76.5 cm³/mol. The molecule has 1 aliphatic rings. The molecule has 0 spiro atoms. The Balaban J connectivity index is 1.97. The lowest BCUT2D eigenvalue weighted by molar-refractivity contribution is -0.154. The van der Waals surface area contributed by atoms with Gasteiger partial charge in [0.1, 0.15) is 0 Å². The first-order valence-corrected chi connectivity index (χ1v) is 6.90. The number of carbonyl (C=O) groups excluding carboxylic acids is 1. The van der Waals surface area contributed by atoms with E-state index >= 15 is 0 Å². The summed E-state index contributed by atoms with van der Waals surface area (Å²) in [5.41, 5.74) is 1.83. The van der Waals surface area contributed by atoms with E-state index in [0.29, 0.717) is 28.8 Å². The van der Waals surface area contributed by atoms with Crippen LogP contribution in [0.4, 0.5) is 0 Å². The van der Waals surface area contributed by atoms with Gasteiger partial charge >= 0.3 is 5.97 Å². The maximum Gasteiger partial charge on any atom is 0.334 e. The van der Waals surface area contributed by atoms with E-state index in [4.69, 9.17) is 9.84 Å².